The number of benzene rings is 1. The normalized spacial score (nSPS) is 40.7. The van der Waals surface area contributed by atoms with E-state index in [1.807, 2.05) is 6.20 Å². The van der Waals surface area contributed by atoms with Gasteiger partial charge in [-0.3, -0.25) is 9.80 Å². The Morgan fingerprint density at radius 2 is 1.58 bits per heavy atom. The zero-order chi connectivity index (χ0) is 18.7. The van der Waals surface area contributed by atoms with Crippen molar-refractivity contribution in [1.82, 2.24) is 14.8 Å². The van der Waals surface area contributed by atoms with Crippen molar-refractivity contribution in [2.24, 2.45) is 10.8 Å². The van der Waals surface area contributed by atoms with Crippen molar-refractivity contribution in [3.63, 3.8) is 0 Å². The molecule has 4 aliphatic heterocycles. The highest BCUT2D eigenvalue weighted by Gasteiger charge is 2.61. The van der Waals surface area contributed by atoms with Gasteiger partial charge in [0, 0.05) is 54.8 Å². The van der Waals surface area contributed by atoms with Gasteiger partial charge in [0.25, 0.3) is 0 Å². The number of piperidine rings is 2. The molecule has 0 spiro atoms. The standard InChI is InChI=1S/C18H23N3O.C3H8O/c1-17-8-20-10-18(2,16(17)22)11-21(9-17)15(20)13-4-3-12-5-6-19-14(12)7-13;1-3(2)4/h3-7,15-16,19,22H,8-11H2,1-2H3;3-4H,1-2H3. The number of aliphatic hydroxyl groups is 2. The molecule has 5 nitrogen and oxygen atoms in total. The number of aliphatic hydroxyl groups excluding tert-OH is 2. The molecule has 4 fully saturated rings. The van der Waals surface area contributed by atoms with Crippen molar-refractivity contribution in [1.29, 1.82) is 0 Å². The quantitative estimate of drug-likeness (QED) is 0.734. The minimum atomic E-state index is -0.181. The van der Waals surface area contributed by atoms with E-state index in [1.165, 1.54) is 16.5 Å². The molecule has 0 radical (unpaired) electrons. The van der Waals surface area contributed by atoms with E-state index in [2.05, 4.69) is 52.9 Å². The highest BCUT2D eigenvalue weighted by atomic mass is 16.3. The van der Waals surface area contributed by atoms with Gasteiger partial charge in [-0.2, -0.15) is 0 Å². The molecular weight excluding hydrogens is 326 g/mol. The maximum atomic E-state index is 10.8. The Labute approximate surface area is 155 Å². The number of fused-ring (bicyclic) bond motifs is 1. The smallest absolute Gasteiger partial charge is 0.0887 e. The summed E-state index contributed by atoms with van der Waals surface area (Å²) in [5.41, 5.74) is 2.61. The summed E-state index contributed by atoms with van der Waals surface area (Å²) in [6.07, 6.45) is 2.02. The molecule has 5 heterocycles. The first-order valence-corrected chi connectivity index (χ1v) is 9.63. The van der Waals surface area contributed by atoms with Crippen LogP contribution in [0.25, 0.3) is 10.9 Å². The zero-order valence-corrected chi connectivity index (χ0v) is 16.2. The van der Waals surface area contributed by atoms with E-state index in [4.69, 9.17) is 5.11 Å². The van der Waals surface area contributed by atoms with Crippen LogP contribution in [0.1, 0.15) is 39.4 Å². The predicted octanol–water partition coefficient (Wildman–Crippen LogP) is 2.57. The van der Waals surface area contributed by atoms with E-state index in [0.29, 0.717) is 6.17 Å². The summed E-state index contributed by atoms with van der Waals surface area (Å²) in [5.74, 6) is 0. The van der Waals surface area contributed by atoms with Gasteiger partial charge in [-0.05, 0) is 36.9 Å². The first kappa shape index (κ1) is 18.0. The van der Waals surface area contributed by atoms with Crippen molar-refractivity contribution < 1.29 is 10.2 Å². The second kappa shape index (κ2) is 6.06. The molecule has 4 aliphatic rings. The van der Waals surface area contributed by atoms with E-state index in [0.717, 1.165) is 26.2 Å². The lowest BCUT2D eigenvalue weighted by molar-refractivity contribution is -0.253. The lowest BCUT2D eigenvalue weighted by Gasteiger charge is -2.68. The minimum Gasteiger partial charge on any atom is -0.394 e. The minimum absolute atomic E-state index is 0.0122. The van der Waals surface area contributed by atoms with E-state index < -0.39 is 0 Å². The van der Waals surface area contributed by atoms with Crippen LogP contribution in [0, 0.1) is 10.8 Å². The van der Waals surface area contributed by atoms with Crippen LogP contribution in [0.3, 0.4) is 0 Å². The molecule has 6 rings (SSSR count). The fraction of sp³-hybridized carbons (Fsp3) is 0.619. The monoisotopic (exact) mass is 357 g/mol. The van der Waals surface area contributed by atoms with Gasteiger partial charge in [-0.1, -0.05) is 26.0 Å². The van der Waals surface area contributed by atoms with Crippen LogP contribution in [-0.4, -0.2) is 63.4 Å². The zero-order valence-electron chi connectivity index (χ0n) is 16.2. The fourth-order valence-electron chi connectivity index (χ4n) is 5.48. The molecule has 26 heavy (non-hydrogen) atoms. The topological polar surface area (TPSA) is 62.7 Å². The third kappa shape index (κ3) is 2.78. The average molecular weight is 357 g/mol. The maximum absolute atomic E-state index is 10.8. The lowest BCUT2D eigenvalue weighted by Crippen LogP contribution is -2.76. The fourth-order valence-corrected chi connectivity index (χ4v) is 5.48. The lowest BCUT2D eigenvalue weighted by atomic mass is 9.60. The molecule has 1 aromatic carbocycles. The van der Waals surface area contributed by atoms with Crippen LogP contribution in [0.5, 0.6) is 0 Å². The summed E-state index contributed by atoms with van der Waals surface area (Å²) in [6.45, 7) is 11.9. The Kier molecular flexibility index (Phi) is 4.19. The van der Waals surface area contributed by atoms with Crippen LogP contribution in [-0.2, 0) is 0 Å². The Morgan fingerprint density at radius 1 is 1.04 bits per heavy atom. The van der Waals surface area contributed by atoms with Gasteiger partial charge in [-0.15, -0.1) is 0 Å². The number of nitrogens with one attached hydrogen (secondary N) is 1. The molecule has 5 heteroatoms. The van der Waals surface area contributed by atoms with Crippen LogP contribution in [0.15, 0.2) is 30.5 Å². The Bertz CT molecular complexity index is 759. The van der Waals surface area contributed by atoms with Crippen LogP contribution in [0.4, 0.5) is 0 Å². The van der Waals surface area contributed by atoms with Crippen molar-refractivity contribution in [3.05, 3.63) is 36.0 Å². The molecule has 2 aromatic rings. The van der Waals surface area contributed by atoms with Gasteiger partial charge in [0.2, 0.25) is 0 Å². The average Bonchev–Trinajstić information content (AvgIpc) is 2.98. The molecule has 0 atom stereocenters. The summed E-state index contributed by atoms with van der Waals surface area (Å²) < 4.78 is 0. The van der Waals surface area contributed by atoms with Crippen molar-refractivity contribution in [2.45, 2.75) is 46.1 Å². The second-order valence-corrected chi connectivity index (χ2v) is 9.31. The summed E-state index contributed by atoms with van der Waals surface area (Å²) in [7, 11) is 0. The Balaban J connectivity index is 0.000000385. The Hall–Kier alpha value is -1.40. The number of aromatic nitrogens is 1. The summed E-state index contributed by atoms with van der Waals surface area (Å²) in [5, 5.41) is 20.1. The van der Waals surface area contributed by atoms with Gasteiger partial charge in [-0.25, -0.2) is 0 Å². The van der Waals surface area contributed by atoms with E-state index in [1.54, 1.807) is 13.8 Å². The number of aromatic amines is 1. The molecular formula is C21H31N3O2. The molecule has 0 aliphatic carbocycles. The molecule has 1 aromatic heterocycles. The molecule has 3 N–H and O–H groups in total. The third-order valence-corrected chi connectivity index (χ3v) is 6.15. The number of hydrogen-bond acceptors (Lipinski definition) is 4. The van der Waals surface area contributed by atoms with E-state index in [-0.39, 0.29) is 23.0 Å². The molecule has 4 saturated heterocycles. The Morgan fingerprint density at radius 3 is 2.12 bits per heavy atom. The van der Waals surface area contributed by atoms with Crippen LogP contribution in [0.2, 0.25) is 0 Å². The predicted molar refractivity (Wildman–Crippen MR) is 104 cm³/mol. The highest BCUT2D eigenvalue weighted by molar-refractivity contribution is 5.80. The van der Waals surface area contributed by atoms with Crippen molar-refractivity contribution >= 4 is 10.9 Å². The first-order chi connectivity index (χ1) is 12.2. The summed E-state index contributed by atoms with van der Waals surface area (Å²) in [6, 6.07) is 8.90. The molecule has 0 amide bonds. The number of rotatable bonds is 1. The molecule has 142 valence electrons. The molecule has 0 unspecified atom stereocenters. The first-order valence-electron chi connectivity index (χ1n) is 9.63. The van der Waals surface area contributed by atoms with Crippen molar-refractivity contribution in [2.75, 3.05) is 26.2 Å². The highest BCUT2D eigenvalue weighted by Crippen LogP contribution is 2.54. The van der Waals surface area contributed by atoms with Crippen molar-refractivity contribution in [3.8, 4) is 0 Å². The molecule has 4 bridgehead atoms. The largest absolute Gasteiger partial charge is 0.394 e. The van der Waals surface area contributed by atoms with Gasteiger partial charge in [0.05, 0.1) is 12.3 Å². The second-order valence-electron chi connectivity index (χ2n) is 9.31. The van der Waals surface area contributed by atoms with E-state index in [9.17, 15) is 5.11 Å². The van der Waals surface area contributed by atoms with Crippen LogP contribution >= 0.6 is 0 Å². The van der Waals surface area contributed by atoms with Gasteiger partial charge in [0.15, 0.2) is 0 Å². The summed E-state index contributed by atoms with van der Waals surface area (Å²) in [4.78, 5) is 8.47. The van der Waals surface area contributed by atoms with E-state index >= 15 is 0 Å². The summed E-state index contributed by atoms with van der Waals surface area (Å²) >= 11 is 0. The number of nitrogens with zero attached hydrogens (tertiary/aromatic N) is 2. The number of hydrogen-bond donors (Lipinski definition) is 3. The maximum Gasteiger partial charge on any atom is 0.0887 e. The van der Waals surface area contributed by atoms with Gasteiger partial charge < -0.3 is 15.2 Å². The third-order valence-electron chi connectivity index (χ3n) is 6.15. The molecule has 0 saturated carbocycles. The SMILES string of the molecule is CC(C)O.CC12CN3CC(C)(CN(C1)C3c1ccc3cc[nH]c3c1)C2O. The van der Waals surface area contributed by atoms with Crippen LogP contribution < -0.4 is 0 Å². The number of H-pyrrole nitrogens is 1. The van der Waals surface area contributed by atoms with Gasteiger partial charge >= 0.3 is 0 Å². The van der Waals surface area contributed by atoms with Gasteiger partial charge in [0.1, 0.15) is 0 Å².